The molecule has 0 atom stereocenters. The maximum Gasteiger partial charge on any atom is 0.249 e. The summed E-state index contributed by atoms with van der Waals surface area (Å²) in [7, 11) is 0. The predicted molar refractivity (Wildman–Crippen MR) is 132 cm³/mol. The summed E-state index contributed by atoms with van der Waals surface area (Å²) in [6, 6.07) is 8.78. The van der Waals surface area contributed by atoms with Crippen molar-refractivity contribution >= 4 is 17.8 Å². The number of anilines is 1. The molecule has 0 radical (unpaired) electrons. The van der Waals surface area contributed by atoms with Gasteiger partial charge in [0.25, 0.3) is 0 Å². The van der Waals surface area contributed by atoms with Crippen molar-refractivity contribution in [3.05, 3.63) is 53.5 Å². The lowest BCUT2D eigenvalue weighted by Gasteiger charge is -2.34. The normalized spacial score (nSPS) is 19.4. The van der Waals surface area contributed by atoms with Crippen molar-refractivity contribution in [2.75, 3.05) is 50.8 Å². The Morgan fingerprint density at radius 1 is 1.06 bits per heavy atom. The number of fused-ring (bicyclic) bond motifs is 1. The third kappa shape index (κ3) is 5.47. The number of carbonyl (C=O) groups excluding carboxylic acids is 1. The topological polar surface area (TPSA) is 57.7 Å². The van der Waals surface area contributed by atoms with Crippen LogP contribution in [0.15, 0.2) is 42.1 Å². The summed E-state index contributed by atoms with van der Waals surface area (Å²) in [6.07, 6.45) is 9.58. The molecule has 1 saturated heterocycles. The summed E-state index contributed by atoms with van der Waals surface area (Å²) in [6.45, 7) is 5.66. The third-order valence-corrected chi connectivity index (χ3v) is 7.09. The Hall–Kier alpha value is -2.77. The molecule has 1 aromatic heterocycles. The number of rotatable bonds is 6. The molecule has 3 aliphatic rings. The van der Waals surface area contributed by atoms with E-state index in [-0.39, 0.29) is 17.8 Å². The van der Waals surface area contributed by atoms with Gasteiger partial charge < -0.3 is 15.0 Å². The minimum absolute atomic E-state index is 0.0288. The van der Waals surface area contributed by atoms with E-state index in [1.54, 1.807) is 12.1 Å². The summed E-state index contributed by atoms with van der Waals surface area (Å²) in [5.41, 5.74) is 3.53. The van der Waals surface area contributed by atoms with Crippen molar-refractivity contribution in [2.24, 2.45) is 0 Å². The lowest BCUT2D eigenvalue weighted by atomic mass is 9.95. The van der Waals surface area contributed by atoms with Gasteiger partial charge in [0.1, 0.15) is 11.6 Å². The number of aromatic nitrogens is 1. The van der Waals surface area contributed by atoms with Crippen LogP contribution in [-0.4, -0.2) is 67.8 Å². The number of pyridine rings is 1. The van der Waals surface area contributed by atoms with Gasteiger partial charge in [-0.15, -0.1) is 0 Å². The zero-order valence-corrected chi connectivity index (χ0v) is 19.6. The van der Waals surface area contributed by atoms with Crippen molar-refractivity contribution in [3.8, 4) is 11.1 Å². The maximum absolute atomic E-state index is 13.4. The van der Waals surface area contributed by atoms with Crippen LogP contribution >= 0.6 is 0 Å². The van der Waals surface area contributed by atoms with Gasteiger partial charge in [-0.3, -0.25) is 9.69 Å². The zero-order valence-electron chi connectivity index (χ0n) is 19.6. The number of halogens is 1. The number of ether oxygens (including phenoxy) is 1. The molecule has 2 fully saturated rings. The Morgan fingerprint density at radius 2 is 1.82 bits per heavy atom. The van der Waals surface area contributed by atoms with E-state index in [0.717, 1.165) is 80.3 Å². The monoisotopic (exact) mass is 464 g/mol. The second kappa shape index (κ2) is 10.7. The lowest BCUT2D eigenvalue weighted by Crippen LogP contribution is -2.45. The number of hydrogen-bond acceptors (Lipinski definition) is 5. The SMILES string of the molecule is O=C(NC1CCCCC1)C1=Cc2cc(-c3ccc(F)cc3)cnc2N(CCN2CCOCC2)C1. The zero-order chi connectivity index (χ0) is 23.3. The molecule has 1 N–H and O–H groups in total. The van der Waals surface area contributed by atoms with Gasteiger partial charge >= 0.3 is 0 Å². The average Bonchev–Trinajstić information content (AvgIpc) is 2.88. The fraction of sp³-hybridized carbons (Fsp3) is 0.481. The van der Waals surface area contributed by atoms with E-state index in [1.807, 2.05) is 12.3 Å². The van der Waals surface area contributed by atoms with Crippen molar-refractivity contribution in [3.63, 3.8) is 0 Å². The van der Waals surface area contributed by atoms with Crippen LogP contribution in [-0.2, 0) is 9.53 Å². The molecular formula is C27H33FN4O2. The average molecular weight is 465 g/mol. The van der Waals surface area contributed by atoms with Crippen LogP contribution < -0.4 is 10.2 Å². The third-order valence-electron chi connectivity index (χ3n) is 7.09. The smallest absolute Gasteiger partial charge is 0.249 e. The molecule has 2 aromatic rings. The Kier molecular flexibility index (Phi) is 7.21. The van der Waals surface area contributed by atoms with Gasteiger partial charge in [-0.2, -0.15) is 0 Å². The molecule has 7 heteroatoms. The van der Waals surface area contributed by atoms with Crippen LogP contribution in [0.25, 0.3) is 17.2 Å². The maximum atomic E-state index is 13.4. The second-order valence-corrected chi connectivity index (χ2v) is 9.50. The number of hydrogen-bond donors (Lipinski definition) is 1. The van der Waals surface area contributed by atoms with Crippen LogP contribution in [0, 0.1) is 5.82 Å². The van der Waals surface area contributed by atoms with E-state index >= 15 is 0 Å². The molecule has 1 amide bonds. The number of nitrogens with one attached hydrogen (secondary N) is 1. The Labute approximate surface area is 200 Å². The molecule has 1 aromatic carbocycles. The molecule has 5 rings (SSSR count). The summed E-state index contributed by atoms with van der Waals surface area (Å²) in [4.78, 5) is 22.6. The summed E-state index contributed by atoms with van der Waals surface area (Å²) >= 11 is 0. The minimum Gasteiger partial charge on any atom is -0.379 e. The van der Waals surface area contributed by atoms with Gasteiger partial charge in [0.2, 0.25) is 5.91 Å². The first-order chi connectivity index (χ1) is 16.7. The van der Waals surface area contributed by atoms with Gasteiger partial charge in [0.05, 0.1) is 13.2 Å². The highest BCUT2D eigenvalue weighted by atomic mass is 19.1. The van der Waals surface area contributed by atoms with E-state index in [1.165, 1.54) is 31.4 Å². The van der Waals surface area contributed by atoms with Gasteiger partial charge in [-0.1, -0.05) is 31.4 Å². The molecule has 3 heterocycles. The highest BCUT2D eigenvalue weighted by molar-refractivity contribution is 6.01. The van der Waals surface area contributed by atoms with E-state index in [9.17, 15) is 9.18 Å². The first-order valence-electron chi connectivity index (χ1n) is 12.5. The number of benzene rings is 1. The molecule has 2 aliphatic heterocycles. The van der Waals surface area contributed by atoms with Gasteiger partial charge in [0.15, 0.2) is 0 Å². The van der Waals surface area contributed by atoms with E-state index in [0.29, 0.717) is 6.54 Å². The fourth-order valence-corrected chi connectivity index (χ4v) is 5.09. The summed E-state index contributed by atoms with van der Waals surface area (Å²) < 4.78 is 18.9. The number of carbonyl (C=O) groups is 1. The molecule has 1 aliphatic carbocycles. The van der Waals surface area contributed by atoms with Crippen molar-refractivity contribution in [1.82, 2.24) is 15.2 Å². The first-order valence-corrected chi connectivity index (χ1v) is 12.5. The predicted octanol–water partition coefficient (Wildman–Crippen LogP) is 3.87. The van der Waals surface area contributed by atoms with Crippen LogP contribution in [0.3, 0.4) is 0 Å². The lowest BCUT2D eigenvalue weighted by molar-refractivity contribution is -0.118. The molecule has 180 valence electrons. The van der Waals surface area contributed by atoms with Crippen molar-refractivity contribution < 1.29 is 13.9 Å². The number of nitrogens with zero attached hydrogens (tertiary/aromatic N) is 3. The molecule has 6 nitrogen and oxygen atoms in total. The van der Waals surface area contributed by atoms with E-state index in [4.69, 9.17) is 9.72 Å². The minimum atomic E-state index is -0.259. The molecule has 34 heavy (non-hydrogen) atoms. The molecular weight excluding hydrogens is 431 g/mol. The molecule has 0 spiro atoms. The van der Waals surface area contributed by atoms with E-state index in [2.05, 4.69) is 21.2 Å². The highest BCUT2D eigenvalue weighted by Gasteiger charge is 2.26. The Bertz CT molecular complexity index is 1030. The highest BCUT2D eigenvalue weighted by Crippen LogP contribution is 2.31. The van der Waals surface area contributed by atoms with Crippen LogP contribution in [0.5, 0.6) is 0 Å². The largest absolute Gasteiger partial charge is 0.379 e. The summed E-state index contributed by atoms with van der Waals surface area (Å²) in [5, 5.41) is 3.28. The molecule has 0 bridgehead atoms. The van der Waals surface area contributed by atoms with Crippen molar-refractivity contribution in [1.29, 1.82) is 0 Å². The summed E-state index contributed by atoms with van der Waals surface area (Å²) in [5.74, 6) is 0.667. The Balaban J connectivity index is 1.39. The standard InChI is InChI=1S/C27H33FN4O2/c28-24-8-6-20(7-9-24)22-16-21-17-23(27(33)30-25-4-2-1-3-5-25)19-32(26(21)29-18-22)11-10-31-12-14-34-15-13-31/h6-9,16-18,25H,1-5,10-15,19H2,(H,30,33). The van der Waals surface area contributed by atoms with Gasteiger partial charge in [-0.25, -0.2) is 9.37 Å². The van der Waals surface area contributed by atoms with Crippen LogP contribution in [0.2, 0.25) is 0 Å². The fourth-order valence-electron chi connectivity index (χ4n) is 5.09. The second-order valence-electron chi connectivity index (χ2n) is 9.50. The molecule has 0 unspecified atom stereocenters. The van der Waals surface area contributed by atoms with Gasteiger partial charge in [0, 0.05) is 61.7 Å². The molecule has 1 saturated carbocycles. The quantitative estimate of drug-likeness (QED) is 0.703. The van der Waals surface area contributed by atoms with Gasteiger partial charge in [-0.05, 0) is 42.7 Å². The van der Waals surface area contributed by atoms with Crippen LogP contribution in [0.1, 0.15) is 37.7 Å². The number of morpholine rings is 1. The number of amides is 1. The van der Waals surface area contributed by atoms with Crippen molar-refractivity contribution in [2.45, 2.75) is 38.1 Å². The van der Waals surface area contributed by atoms with Crippen LogP contribution in [0.4, 0.5) is 10.2 Å². The Morgan fingerprint density at radius 3 is 2.59 bits per heavy atom. The van der Waals surface area contributed by atoms with E-state index < -0.39 is 0 Å². The first kappa shape index (κ1) is 23.0.